The maximum Gasteiger partial charge on any atom is 0.192 e. The fourth-order valence-electron chi connectivity index (χ4n) is 2.94. The lowest BCUT2D eigenvalue weighted by Crippen LogP contribution is -2.05. The van der Waals surface area contributed by atoms with Gasteiger partial charge >= 0.3 is 0 Å². The first-order valence-corrected chi connectivity index (χ1v) is 11.3. The van der Waals surface area contributed by atoms with E-state index in [1.54, 1.807) is 35.2 Å². The Morgan fingerprint density at radius 2 is 1.79 bits per heavy atom. The fourth-order valence-corrected chi connectivity index (χ4v) is 4.71. The summed E-state index contributed by atoms with van der Waals surface area (Å²) in [6.07, 6.45) is 0. The highest BCUT2D eigenvalue weighted by Crippen LogP contribution is 2.29. The molecular weight excluding hydrogens is 403 g/mol. The van der Waals surface area contributed by atoms with Crippen LogP contribution in [0.25, 0.3) is 11.4 Å². The Morgan fingerprint density at radius 3 is 2.52 bits per heavy atom. The van der Waals surface area contributed by atoms with Crippen molar-refractivity contribution in [1.29, 1.82) is 0 Å². The van der Waals surface area contributed by atoms with Gasteiger partial charge in [0.15, 0.2) is 11.0 Å². The third kappa shape index (κ3) is 4.57. The quantitative estimate of drug-likeness (QED) is 0.341. The van der Waals surface area contributed by atoms with E-state index in [1.807, 2.05) is 28.8 Å². The number of rotatable bonds is 7. The number of thiazole rings is 1. The van der Waals surface area contributed by atoms with Gasteiger partial charge in [0.2, 0.25) is 0 Å². The molecule has 0 unspecified atom stereocenters. The van der Waals surface area contributed by atoms with Crippen LogP contribution in [-0.4, -0.2) is 19.7 Å². The van der Waals surface area contributed by atoms with E-state index in [9.17, 15) is 4.39 Å². The molecule has 0 aliphatic heterocycles. The molecule has 2 heterocycles. The van der Waals surface area contributed by atoms with Gasteiger partial charge in [0.1, 0.15) is 5.82 Å². The van der Waals surface area contributed by atoms with E-state index < -0.39 is 0 Å². The zero-order valence-electron chi connectivity index (χ0n) is 16.2. The van der Waals surface area contributed by atoms with Gasteiger partial charge in [0, 0.05) is 17.1 Å². The molecule has 0 aliphatic carbocycles. The topological polar surface area (TPSA) is 43.6 Å². The summed E-state index contributed by atoms with van der Waals surface area (Å²) < 4.78 is 16.4. The Balaban J connectivity index is 1.64. The van der Waals surface area contributed by atoms with Gasteiger partial charge in [-0.2, -0.15) is 0 Å². The molecule has 0 N–H and O–H groups in total. The van der Waals surface area contributed by atoms with Gasteiger partial charge in [-0.05, 0) is 17.7 Å². The van der Waals surface area contributed by atoms with Crippen LogP contribution in [-0.2, 0) is 12.3 Å². The minimum atomic E-state index is -0.299. The van der Waals surface area contributed by atoms with Crippen molar-refractivity contribution in [2.45, 2.75) is 37.2 Å². The molecule has 0 atom stereocenters. The van der Waals surface area contributed by atoms with Crippen molar-refractivity contribution in [3.63, 3.8) is 0 Å². The van der Waals surface area contributed by atoms with Crippen LogP contribution < -0.4 is 0 Å². The standard InChI is InChI=1S/C22H21FN4S2/c1-15(2)21-24-17(13-28-21)14-29-22-26-25-20(18-10-6-7-11-19(18)23)27(22)12-16-8-4-3-5-9-16/h3-11,13,15H,12,14H2,1-2H3. The van der Waals surface area contributed by atoms with Crippen LogP contribution in [0.5, 0.6) is 0 Å². The normalized spacial score (nSPS) is 11.3. The van der Waals surface area contributed by atoms with E-state index in [0.29, 0.717) is 29.6 Å². The van der Waals surface area contributed by atoms with Crippen LogP contribution in [0.3, 0.4) is 0 Å². The van der Waals surface area contributed by atoms with Crippen LogP contribution in [0.1, 0.15) is 36.0 Å². The number of thioether (sulfide) groups is 1. The van der Waals surface area contributed by atoms with Gasteiger partial charge in [-0.1, -0.05) is 68.1 Å². The Bertz CT molecular complexity index is 1090. The number of nitrogens with zero attached hydrogens (tertiary/aromatic N) is 4. The van der Waals surface area contributed by atoms with Crippen molar-refractivity contribution >= 4 is 23.1 Å². The van der Waals surface area contributed by atoms with Crippen molar-refractivity contribution in [2.75, 3.05) is 0 Å². The lowest BCUT2D eigenvalue weighted by atomic mass is 10.2. The van der Waals surface area contributed by atoms with Crippen LogP contribution in [0, 0.1) is 5.82 Å². The summed E-state index contributed by atoms with van der Waals surface area (Å²) in [6.45, 7) is 4.87. The van der Waals surface area contributed by atoms with Crippen molar-refractivity contribution in [3.05, 3.63) is 82.1 Å². The molecule has 0 bridgehead atoms. The minimum Gasteiger partial charge on any atom is -0.297 e. The molecule has 4 aromatic rings. The summed E-state index contributed by atoms with van der Waals surface area (Å²) in [6, 6.07) is 16.8. The molecule has 7 heteroatoms. The smallest absolute Gasteiger partial charge is 0.192 e. The minimum absolute atomic E-state index is 0.299. The lowest BCUT2D eigenvalue weighted by Gasteiger charge is -2.11. The molecule has 0 saturated carbocycles. The highest BCUT2D eigenvalue weighted by molar-refractivity contribution is 7.98. The van der Waals surface area contributed by atoms with Gasteiger partial charge in [-0.3, -0.25) is 4.57 Å². The van der Waals surface area contributed by atoms with Crippen molar-refractivity contribution < 1.29 is 4.39 Å². The molecular formula is C22H21FN4S2. The van der Waals surface area contributed by atoms with Crippen LogP contribution in [0.4, 0.5) is 4.39 Å². The average molecular weight is 425 g/mol. The highest BCUT2D eigenvalue weighted by Gasteiger charge is 2.18. The maximum absolute atomic E-state index is 14.4. The summed E-state index contributed by atoms with van der Waals surface area (Å²) in [4.78, 5) is 4.70. The molecule has 0 fully saturated rings. The summed E-state index contributed by atoms with van der Waals surface area (Å²) in [7, 11) is 0. The molecule has 0 spiro atoms. The summed E-state index contributed by atoms with van der Waals surface area (Å²) in [5.41, 5.74) is 2.60. The van der Waals surface area contributed by atoms with Gasteiger partial charge < -0.3 is 0 Å². The molecule has 29 heavy (non-hydrogen) atoms. The van der Waals surface area contributed by atoms with Crippen LogP contribution >= 0.6 is 23.1 Å². The highest BCUT2D eigenvalue weighted by atomic mass is 32.2. The first kappa shape index (κ1) is 19.8. The zero-order valence-corrected chi connectivity index (χ0v) is 17.9. The molecule has 2 aromatic carbocycles. The van der Waals surface area contributed by atoms with E-state index in [0.717, 1.165) is 21.4 Å². The SMILES string of the molecule is CC(C)c1nc(CSc2nnc(-c3ccccc3F)n2Cc2ccccc2)cs1. The van der Waals surface area contributed by atoms with E-state index in [1.165, 1.54) is 6.07 Å². The summed E-state index contributed by atoms with van der Waals surface area (Å²) in [5.74, 6) is 1.36. The molecule has 4 nitrogen and oxygen atoms in total. The third-order valence-electron chi connectivity index (χ3n) is 4.43. The molecule has 0 amide bonds. The predicted molar refractivity (Wildman–Crippen MR) is 117 cm³/mol. The van der Waals surface area contributed by atoms with Gasteiger partial charge in [-0.25, -0.2) is 9.37 Å². The Labute approximate surface area is 177 Å². The Hall–Kier alpha value is -2.51. The summed E-state index contributed by atoms with van der Waals surface area (Å²) >= 11 is 3.26. The van der Waals surface area contributed by atoms with E-state index in [2.05, 4.69) is 41.6 Å². The fraction of sp³-hybridized carbons (Fsp3) is 0.227. The molecule has 0 saturated heterocycles. The number of benzene rings is 2. The van der Waals surface area contributed by atoms with Crippen molar-refractivity contribution in [2.24, 2.45) is 0 Å². The largest absolute Gasteiger partial charge is 0.297 e. The molecule has 4 rings (SSSR count). The zero-order chi connectivity index (χ0) is 20.2. The maximum atomic E-state index is 14.4. The van der Waals surface area contributed by atoms with Crippen LogP contribution in [0.15, 0.2) is 65.1 Å². The summed E-state index contributed by atoms with van der Waals surface area (Å²) in [5, 5.41) is 12.7. The lowest BCUT2D eigenvalue weighted by molar-refractivity contribution is 0.626. The molecule has 0 radical (unpaired) electrons. The van der Waals surface area contributed by atoms with E-state index in [-0.39, 0.29) is 5.82 Å². The second-order valence-electron chi connectivity index (χ2n) is 6.98. The molecule has 2 aromatic heterocycles. The Kier molecular flexibility index (Phi) is 6.06. The number of hydrogen-bond acceptors (Lipinski definition) is 5. The number of halogens is 1. The van der Waals surface area contributed by atoms with E-state index >= 15 is 0 Å². The predicted octanol–water partition coefficient (Wildman–Crippen LogP) is 6.00. The second-order valence-corrected chi connectivity index (χ2v) is 8.81. The molecule has 148 valence electrons. The first-order chi connectivity index (χ1) is 14.1. The average Bonchev–Trinajstić information content (AvgIpc) is 3.35. The third-order valence-corrected chi connectivity index (χ3v) is 6.62. The van der Waals surface area contributed by atoms with E-state index in [4.69, 9.17) is 4.98 Å². The molecule has 0 aliphatic rings. The van der Waals surface area contributed by atoms with Crippen molar-refractivity contribution in [3.8, 4) is 11.4 Å². The number of hydrogen-bond donors (Lipinski definition) is 0. The second kappa shape index (κ2) is 8.88. The van der Waals surface area contributed by atoms with Gasteiger partial charge in [0.25, 0.3) is 0 Å². The van der Waals surface area contributed by atoms with Crippen molar-refractivity contribution in [1.82, 2.24) is 19.7 Å². The van der Waals surface area contributed by atoms with Gasteiger partial charge in [-0.15, -0.1) is 21.5 Å². The van der Waals surface area contributed by atoms with Gasteiger partial charge in [0.05, 0.1) is 22.8 Å². The number of aromatic nitrogens is 4. The first-order valence-electron chi connectivity index (χ1n) is 9.41. The van der Waals surface area contributed by atoms with Crippen LogP contribution in [0.2, 0.25) is 0 Å². The Morgan fingerprint density at radius 1 is 1.03 bits per heavy atom. The monoisotopic (exact) mass is 424 g/mol.